The largest absolute Gasteiger partial charge is 0.490 e. The first kappa shape index (κ1) is 31.3. The summed E-state index contributed by atoms with van der Waals surface area (Å²) in [6.45, 7) is 8.40. The van der Waals surface area contributed by atoms with Gasteiger partial charge in [-0.3, -0.25) is 0 Å². The van der Waals surface area contributed by atoms with E-state index in [4.69, 9.17) is 9.47 Å². The van der Waals surface area contributed by atoms with Gasteiger partial charge in [0, 0.05) is 12.2 Å². The first-order valence-corrected chi connectivity index (χ1v) is 15.4. The maximum absolute atomic E-state index is 5.99. The molecule has 37 heavy (non-hydrogen) atoms. The van der Waals surface area contributed by atoms with Crippen molar-refractivity contribution in [3.8, 4) is 17.1 Å². The van der Waals surface area contributed by atoms with E-state index in [1.54, 1.807) is 12.4 Å². The molecule has 0 N–H and O–H groups in total. The molecule has 1 heterocycles. The summed E-state index contributed by atoms with van der Waals surface area (Å²) in [6.07, 6.45) is 25.5. The number of aromatic nitrogens is 2. The predicted molar refractivity (Wildman–Crippen MR) is 157 cm³/mol. The number of unbranched alkanes of at least 4 members (excludes halogenated alkanes) is 11. The molecule has 0 saturated heterocycles. The molecule has 1 atom stereocenters. The van der Waals surface area contributed by atoms with Crippen LogP contribution in [0.2, 0.25) is 0 Å². The van der Waals surface area contributed by atoms with Crippen molar-refractivity contribution in [1.82, 2.24) is 9.97 Å². The minimum absolute atomic E-state index is 0.467. The molecule has 4 nitrogen and oxygen atoms in total. The summed E-state index contributed by atoms with van der Waals surface area (Å²) in [5.74, 6) is 1.53. The Morgan fingerprint density at radius 1 is 0.649 bits per heavy atom. The van der Waals surface area contributed by atoms with Crippen LogP contribution in [-0.4, -0.2) is 29.3 Å². The summed E-state index contributed by atoms with van der Waals surface area (Å²) >= 11 is 0. The van der Waals surface area contributed by atoms with Gasteiger partial charge in [0.1, 0.15) is 0 Å². The summed E-state index contributed by atoms with van der Waals surface area (Å²) in [5, 5.41) is 0. The van der Waals surface area contributed by atoms with Gasteiger partial charge in [-0.1, -0.05) is 116 Å². The average molecular weight is 511 g/mol. The van der Waals surface area contributed by atoms with E-state index in [2.05, 4.69) is 55.0 Å². The van der Waals surface area contributed by atoms with E-state index in [-0.39, 0.29) is 0 Å². The minimum atomic E-state index is 0.467. The van der Waals surface area contributed by atoms with Crippen LogP contribution in [0, 0.1) is 0 Å². The Labute approximate surface area is 228 Å². The molecule has 1 aromatic heterocycles. The second-order valence-electron chi connectivity index (χ2n) is 10.5. The van der Waals surface area contributed by atoms with Crippen molar-refractivity contribution in [2.24, 2.45) is 0 Å². The summed E-state index contributed by atoms with van der Waals surface area (Å²) in [7, 11) is 0. The van der Waals surface area contributed by atoms with Gasteiger partial charge in [-0.05, 0) is 44.1 Å². The first-order chi connectivity index (χ1) is 18.3. The van der Waals surface area contributed by atoms with Crippen LogP contribution in [0.3, 0.4) is 0 Å². The molecule has 4 heteroatoms. The first-order valence-electron chi connectivity index (χ1n) is 15.4. The van der Waals surface area contributed by atoms with E-state index in [0.29, 0.717) is 6.10 Å². The highest BCUT2D eigenvalue weighted by molar-refractivity contribution is 5.55. The standard InChI is InChI=1S/C33H54N2O2/c1-4-7-8-9-10-11-14-18-26-37-32-27-34-33(35-28-32)30-23-21-29(22-24-30)20-16-13-12-15-17-25-36-31(6-3)19-5-2/h21-24,27-28,31H,4-20,25-26H2,1-3H3. The monoisotopic (exact) mass is 510 g/mol. The minimum Gasteiger partial charge on any atom is -0.490 e. The van der Waals surface area contributed by atoms with E-state index in [1.807, 2.05) is 0 Å². The Bertz CT molecular complexity index is 776. The quantitative estimate of drug-likeness (QED) is 0.140. The molecule has 0 aliphatic carbocycles. The third kappa shape index (κ3) is 14.5. The van der Waals surface area contributed by atoms with Gasteiger partial charge in [0.05, 0.1) is 25.1 Å². The van der Waals surface area contributed by atoms with Crippen molar-refractivity contribution in [2.75, 3.05) is 13.2 Å². The zero-order chi connectivity index (χ0) is 26.4. The molecule has 0 fully saturated rings. The van der Waals surface area contributed by atoms with Crippen molar-refractivity contribution < 1.29 is 9.47 Å². The highest BCUT2D eigenvalue weighted by Gasteiger charge is 2.05. The number of hydrogen-bond donors (Lipinski definition) is 0. The molecule has 0 bridgehead atoms. The van der Waals surface area contributed by atoms with E-state index in [1.165, 1.54) is 95.5 Å². The van der Waals surface area contributed by atoms with Crippen LogP contribution < -0.4 is 4.74 Å². The van der Waals surface area contributed by atoms with Crippen LogP contribution in [0.5, 0.6) is 5.75 Å². The smallest absolute Gasteiger partial charge is 0.159 e. The van der Waals surface area contributed by atoms with Crippen molar-refractivity contribution in [3.05, 3.63) is 42.2 Å². The lowest BCUT2D eigenvalue weighted by molar-refractivity contribution is 0.0419. The zero-order valence-electron chi connectivity index (χ0n) is 24.2. The maximum atomic E-state index is 5.99. The Hall–Kier alpha value is -1.94. The Morgan fingerprint density at radius 3 is 1.86 bits per heavy atom. The predicted octanol–water partition coefficient (Wildman–Crippen LogP) is 9.75. The third-order valence-corrected chi connectivity index (χ3v) is 7.14. The van der Waals surface area contributed by atoms with Crippen molar-refractivity contribution in [3.63, 3.8) is 0 Å². The summed E-state index contributed by atoms with van der Waals surface area (Å²) in [4.78, 5) is 9.05. The highest BCUT2D eigenvalue weighted by Crippen LogP contribution is 2.19. The summed E-state index contributed by atoms with van der Waals surface area (Å²) < 4.78 is 11.8. The SMILES string of the molecule is CCCCCCCCCCOc1cnc(-c2ccc(CCCCCCCOC(CC)CCC)cc2)nc1. The van der Waals surface area contributed by atoms with Gasteiger partial charge < -0.3 is 9.47 Å². The highest BCUT2D eigenvalue weighted by atomic mass is 16.5. The lowest BCUT2D eigenvalue weighted by Crippen LogP contribution is -2.12. The van der Waals surface area contributed by atoms with E-state index in [0.717, 1.165) is 49.6 Å². The molecule has 1 aromatic carbocycles. The number of nitrogens with zero attached hydrogens (tertiary/aromatic N) is 2. The van der Waals surface area contributed by atoms with E-state index >= 15 is 0 Å². The number of aryl methyl sites for hydroxylation is 1. The van der Waals surface area contributed by atoms with Crippen LogP contribution in [0.1, 0.15) is 129 Å². The van der Waals surface area contributed by atoms with Crippen LogP contribution in [-0.2, 0) is 11.2 Å². The second-order valence-corrected chi connectivity index (χ2v) is 10.5. The molecule has 1 unspecified atom stereocenters. The van der Waals surface area contributed by atoms with Gasteiger partial charge in [-0.2, -0.15) is 0 Å². The summed E-state index contributed by atoms with van der Waals surface area (Å²) in [6, 6.07) is 8.72. The van der Waals surface area contributed by atoms with Crippen LogP contribution in [0.15, 0.2) is 36.7 Å². The van der Waals surface area contributed by atoms with Gasteiger partial charge in [0.2, 0.25) is 0 Å². The topological polar surface area (TPSA) is 44.2 Å². The molecule has 0 aliphatic rings. The maximum Gasteiger partial charge on any atom is 0.159 e. The molecular formula is C33H54N2O2. The summed E-state index contributed by atoms with van der Waals surface area (Å²) in [5.41, 5.74) is 2.45. The Balaban J connectivity index is 1.55. The fourth-order valence-corrected chi connectivity index (χ4v) is 4.73. The molecule has 2 aromatic rings. The molecule has 0 amide bonds. The second kappa shape index (κ2) is 21.0. The van der Waals surface area contributed by atoms with Gasteiger partial charge in [-0.15, -0.1) is 0 Å². The zero-order valence-corrected chi connectivity index (χ0v) is 24.2. The molecule has 0 aliphatic heterocycles. The molecule has 208 valence electrons. The van der Waals surface area contributed by atoms with E-state index in [9.17, 15) is 0 Å². The van der Waals surface area contributed by atoms with Crippen molar-refractivity contribution in [2.45, 2.75) is 136 Å². The average Bonchev–Trinajstić information content (AvgIpc) is 2.93. The lowest BCUT2D eigenvalue weighted by atomic mass is 10.0. The lowest BCUT2D eigenvalue weighted by Gasteiger charge is -2.14. The van der Waals surface area contributed by atoms with Gasteiger partial charge >= 0.3 is 0 Å². The number of benzene rings is 1. The van der Waals surface area contributed by atoms with Crippen molar-refractivity contribution in [1.29, 1.82) is 0 Å². The van der Waals surface area contributed by atoms with Crippen molar-refractivity contribution >= 4 is 0 Å². The fraction of sp³-hybridized carbons (Fsp3) is 0.697. The van der Waals surface area contributed by atoms with E-state index < -0.39 is 0 Å². The Morgan fingerprint density at radius 2 is 1.24 bits per heavy atom. The molecular weight excluding hydrogens is 456 g/mol. The van der Waals surface area contributed by atoms with Gasteiger partial charge in [0.15, 0.2) is 11.6 Å². The van der Waals surface area contributed by atoms with Crippen LogP contribution in [0.4, 0.5) is 0 Å². The molecule has 0 saturated carbocycles. The number of hydrogen-bond acceptors (Lipinski definition) is 4. The molecule has 0 radical (unpaired) electrons. The number of ether oxygens (including phenoxy) is 2. The molecule has 2 rings (SSSR count). The van der Waals surface area contributed by atoms with Crippen LogP contribution in [0.25, 0.3) is 11.4 Å². The van der Waals surface area contributed by atoms with Gasteiger partial charge in [0.25, 0.3) is 0 Å². The normalized spacial score (nSPS) is 12.1. The third-order valence-electron chi connectivity index (χ3n) is 7.14. The van der Waals surface area contributed by atoms with Crippen LogP contribution >= 0.6 is 0 Å². The number of rotatable bonds is 23. The van der Waals surface area contributed by atoms with Gasteiger partial charge in [-0.25, -0.2) is 9.97 Å². The Kier molecular flexibility index (Phi) is 17.8. The molecule has 0 spiro atoms. The fourth-order valence-electron chi connectivity index (χ4n) is 4.73.